The number of anilines is 1. The number of alkyl halides is 3. The first kappa shape index (κ1) is 19.0. The van der Waals surface area contributed by atoms with Gasteiger partial charge in [-0.1, -0.05) is 0 Å². The van der Waals surface area contributed by atoms with Crippen LogP contribution >= 0.6 is 0 Å². The van der Waals surface area contributed by atoms with E-state index in [1.165, 1.54) is 18.9 Å². The van der Waals surface area contributed by atoms with Crippen LogP contribution in [0.25, 0.3) is 0 Å². The maximum atomic E-state index is 12.7. The molecular formula is C15H19F3N4O3. The van der Waals surface area contributed by atoms with Crippen molar-refractivity contribution in [3.63, 3.8) is 0 Å². The van der Waals surface area contributed by atoms with Crippen LogP contribution in [0.5, 0.6) is 0 Å². The van der Waals surface area contributed by atoms with E-state index in [1.54, 1.807) is 0 Å². The number of β-amino-alcohol motifs (C(OH)–C–C–N with tert-alkyl or cyclic N) is 1. The predicted molar refractivity (Wildman–Crippen MR) is 82.7 cm³/mol. The molecule has 2 atom stereocenters. The first-order valence-electron chi connectivity index (χ1n) is 7.61. The third kappa shape index (κ3) is 4.59. The van der Waals surface area contributed by atoms with E-state index in [9.17, 15) is 27.9 Å². The predicted octanol–water partition coefficient (Wildman–Crippen LogP) is 1.37. The maximum Gasteiger partial charge on any atom is 0.418 e. The molecule has 7 nitrogen and oxygen atoms in total. The van der Waals surface area contributed by atoms with E-state index in [2.05, 4.69) is 15.6 Å². The van der Waals surface area contributed by atoms with E-state index in [0.717, 1.165) is 12.1 Å². The molecule has 0 bridgehead atoms. The number of urea groups is 1. The number of carbonyl (C=O) groups excluding carboxylic acids is 2. The molecule has 1 aromatic heterocycles. The van der Waals surface area contributed by atoms with Crippen molar-refractivity contribution in [2.45, 2.75) is 25.6 Å². The molecule has 1 aliphatic heterocycles. The van der Waals surface area contributed by atoms with Gasteiger partial charge in [-0.3, -0.25) is 10.1 Å². The molecule has 0 aliphatic carbocycles. The Labute approximate surface area is 142 Å². The van der Waals surface area contributed by atoms with Gasteiger partial charge in [0.2, 0.25) is 5.91 Å². The second-order valence-corrected chi connectivity index (χ2v) is 5.87. The number of nitrogens with one attached hydrogen (secondary N) is 2. The number of aromatic nitrogens is 1. The standard InChI is InChI=1S/C15H19F3N4O3/c1-8-10(15(16,17)18)3-4-12(20-8)21-14(25)22-6-9(11(23)7-22)5-13(24)19-2/h3-4,9,11,23H,5-7H2,1-2H3,(H,19,24)(H,20,21,25)/t9-,11-/m1/s1. The zero-order valence-corrected chi connectivity index (χ0v) is 13.7. The minimum atomic E-state index is -4.51. The number of halogens is 3. The van der Waals surface area contributed by atoms with E-state index in [-0.39, 0.29) is 36.9 Å². The van der Waals surface area contributed by atoms with Gasteiger partial charge in [-0.25, -0.2) is 9.78 Å². The largest absolute Gasteiger partial charge is 0.418 e. The van der Waals surface area contributed by atoms with E-state index in [0.29, 0.717) is 0 Å². The number of hydrogen-bond acceptors (Lipinski definition) is 4. The topological polar surface area (TPSA) is 94.6 Å². The van der Waals surface area contributed by atoms with E-state index < -0.39 is 29.8 Å². The SMILES string of the molecule is CNC(=O)C[C@@H]1CN(C(=O)Nc2ccc(C(F)(F)F)c(C)n2)C[C@H]1O. The molecule has 2 rings (SSSR count). The smallest absolute Gasteiger partial charge is 0.391 e. The molecule has 138 valence electrons. The lowest BCUT2D eigenvalue weighted by molar-refractivity contribution is -0.138. The minimum Gasteiger partial charge on any atom is -0.391 e. The number of nitrogens with zero attached hydrogens (tertiary/aromatic N) is 2. The summed E-state index contributed by atoms with van der Waals surface area (Å²) in [6.07, 6.45) is -5.27. The van der Waals surface area contributed by atoms with Crippen molar-refractivity contribution in [3.05, 3.63) is 23.4 Å². The molecule has 3 N–H and O–H groups in total. The lowest BCUT2D eigenvalue weighted by atomic mass is 10.0. The Morgan fingerprint density at radius 2 is 2.04 bits per heavy atom. The minimum absolute atomic E-state index is 0.0141. The number of aliphatic hydroxyl groups excluding tert-OH is 1. The average molecular weight is 360 g/mol. The van der Waals surface area contributed by atoms with Crippen molar-refractivity contribution < 1.29 is 27.9 Å². The number of carbonyl (C=O) groups is 2. The van der Waals surface area contributed by atoms with Gasteiger partial charge >= 0.3 is 12.2 Å². The van der Waals surface area contributed by atoms with Crippen LogP contribution in [0.15, 0.2) is 12.1 Å². The van der Waals surface area contributed by atoms with Crippen molar-refractivity contribution in [1.82, 2.24) is 15.2 Å². The zero-order valence-electron chi connectivity index (χ0n) is 13.7. The lowest BCUT2D eigenvalue weighted by Gasteiger charge is -2.17. The molecule has 0 aromatic carbocycles. The first-order valence-corrected chi connectivity index (χ1v) is 7.61. The number of pyridine rings is 1. The molecule has 1 saturated heterocycles. The van der Waals surface area contributed by atoms with E-state index in [4.69, 9.17) is 0 Å². The summed E-state index contributed by atoms with van der Waals surface area (Å²) >= 11 is 0. The molecule has 0 radical (unpaired) electrons. The Bertz CT molecular complexity index is 666. The maximum absolute atomic E-state index is 12.7. The number of rotatable bonds is 3. The van der Waals surface area contributed by atoms with Crippen LogP contribution in [0.4, 0.5) is 23.8 Å². The third-order valence-electron chi connectivity index (χ3n) is 4.05. The summed E-state index contributed by atoms with van der Waals surface area (Å²) in [7, 11) is 1.48. The Hall–Kier alpha value is -2.36. The van der Waals surface area contributed by atoms with Crippen molar-refractivity contribution >= 4 is 17.8 Å². The molecule has 25 heavy (non-hydrogen) atoms. The molecule has 3 amide bonds. The van der Waals surface area contributed by atoms with Crippen LogP contribution in [0.3, 0.4) is 0 Å². The van der Waals surface area contributed by atoms with Gasteiger partial charge in [-0.15, -0.1) is 0 Å². The number of hydrogen-bond donors (Lipinski definition) is 3. The van der Waals surface area contributed by atoms with Crippen LogP contribution in [0, 0.1) is 12.8 Å². The average Bonchev–Trinajstić information content (AvgIpc) is 2.87. The molecule has 0 spiro atoms. The van der Waals surface area contributed by atoms with Crippen molar-refractivity contribution in [2.75, 3.05) is 25.5 Å². The lowest BCUT2D eigenvalue weighted by Crippen LogP contribution is -2.34. The summed E-state index contributed by atoms with van der Waals surface area (Å²) in [6.45, 7) is 1.41. The molecule has 1 fully saturated rings. The van der Waals surface area contributed by atoms with Gasteiger partial charge in [-0.2, -0.15) is 13.2 Å². The number of amides is 3. The van der Waals surface area contributed by atoms with Crippen LogP contribution in [0.2, 0.25) is 0 Å². The highest BCUT2D eigenvalue weighted by molar-refractivity contribution is 5.88. The van der Waals surface area contributed by atoms with Crippen LogP contribution < -0.4 is 10.6 Å². The highest BCUT2D eigenvalue weighted by atomic mass is 19.4. The van der Waals surface area contributed by atoms with Gasteiger partial charge < -0.3 is 15.3 Å². The van der Waals surface area contributed by atoms with Gasteiger partial charge in [-0.05, 0) is 19.1 Å². The molecule has 0 saturated carbocycles. The van der Waals surface area contributed by atoms with Crippen molar-refractivity contribution in [3.8, 4) is 0 Å². The number of aliphatic hydroxyl groups is 1. The van der Waals surface area contributed by atoms with Gasteiger partial charge in [0.15, 0.2) is 0 Å². The van der Waals surface area contributed by atoms with Gasteiger partial charge in [0.1, 0.15) is 5.82 Å². The summed E-state index contributed by atoms with van der Waals surface area (Å²) in [6, 6.07) is 1.33. The second-order valence-electron chi connectivity index (χ2n) is 5.87. The monoisotopic (exact) mass is 360 g/mol. The first-order chi connectivity index (χ1) is 11.6. The zero-order chi connectivity index (χ0) is 18.8. The van der Waals surface area contributed by atoms with Crippen LogP contribution in [-0.4, -0.2) is 53.2 Å². The molecule has 2 heterocycles. The molecule has 0 unspecified atom stereocenters. The quantitative estimate of drug-likeness (QED) is 0.759. The highest BCUT2D eigenvalue weighted by Crippen LogP contribution is 2.31. The Morgan fingerprint density at radius 1 is 1.36 bits per heavy atom. The second kappa shape index (κ2) is 7.26. The van der Waals surface area contributed by atoms with Crippen LogP contribution in [-0.2, 0) is 11.0 Å². The van der Waals surface area contributed by atoms with E-state index in [1.807, 2.05) is 0 Å². The molecular weight excluding hydrogens is 341 g/mol. The third-order valence-corrected chi connectivity index (χ3v) is 4.05. The Kier molecular flexibility index (Phi) is 5.51. The fourth-order valence-corrected chi connectivity index (χ4v) is 2.68. The molecule has 1 aliphatic rings. The summed E-state index contributed by atoms with van der Waals surface area (Å²) in [5.74, 6) is -0.654. The fourth-order valence-electron chi connectivity index (χ4n) is 2.68. The summed E-state index contributed by atoms with van der Waals surface area (Å²) in [4.78, 5) is 28.6. The molecule has 1 aromatic rings. The Morgan fingerprint density at radius 3 is 2.60 bits per heavy atom. The summed E-state index contributed by atoms with van der Waals surface area (Å²) < 4.78 is 38.1. The van der Waals surface area contributed by atoms with Crippen molar-refractivity contribution in [2.24, 2.45) is 5.92 Å². The van der Waals surface area contributed by atoms with Crippen LogP contribution in [0.1, 0.15) is 17.7 Å². The van der Waals surface area contributed by atoms with Crippen molar-refractivity contribution in [1.29, 1.82) is 0 Å². The summed E-state index contributed by atoms with van der Waals surface area (Å²) in [5.41, 5.74) is -1.11. The molecule has 10 heteroatoms. The normalized spacial score (nSPS) is 20.5. The number of aryl methyl sites for hydroxylation is 1. The van der Waals surface area contributed by atoms with Gasteiger partial charge in [0.05, 0.1) is 17.4 Å². The van der Waals surface area contributed by atoms with E-state index >= 15 is 0 Å². The van der Waals surface area contributed by atoms with Gasteiger partial charge in [0.25, 0.3) is 0 Å². The highest BCUT2D eigenvalue weighted by Gasteiger charge is 2.36. The fraction of sp³-hybridized carbons (Fsp3) is 0.533. The number of likely N-dealkylation sites (tertiary alicyclic amines) is 1. The Balaban J connectivity index is 2.01. The summed E-state index contributed by atoms with van der Waals surface area (Å²) in [5, 5.41) is 14.8. The van der Waals surface area contributed by atoms with Gasteiger partial charge in [0, 0.05) is 32.5 Å².